The highest BCUT2D eigenvalue weighted by Crippen LogP contribution is 2.10. The van der Waals surface area contributed by atoms with Crippen molar-refractivity contribution in [2.24, 2.45) is 0 Å². The number of amides is 1. The van der Waals surface area contributed by atoms with Gasteiger partial charge in [-0.2, -0.15) is 0 Å². The van der Waals surface area contributed by atoms with Gasteiger partial charge in [0.05, 0.1) is 24.8 Å². The van der Waals surface area contributed by atoms with Gasteiger partial charge in [0.1, 0.15) is 5.01 Å². The molecule has 5 nitrogen and oxygen atoms in total. The lowest BCUT2D eigenvalue weighted by Crippen LogP contribution is -2.24. The van der Waals surface area contributed by atoms with E-state index in [4.69, 9.17) is 5.73 Å². The molecule has 0 unspecified atom stereocenters. The zero-order chi connectivity index (χ0) is 13.0. The van der Waals surface area contributed by atoms with Gasteiger partial charge in [0.15, 0.2) is 0 Å². The Labute approximate surface area is 109 Å². The smallest absolute Gasteiger partial charge is 0.226 e. The second-order valence-corrected chi connectivity index (χ2v) is 5.22. The van der Waals surface area contributed by atoms with Gasteiger partial charge in [-0.15, -0.1) is 11.3 Å². The molecule has 0 saturated carbocycles. The number of anilines is 1. The number of nitrogens with one attached hydrogen (secondary N) is 1. The summed E-state index contributed by atoms with van der Waals surface area (Å²) in [5.74, 6) is -0.0693. The van der Waals surface area contributed by atoms with Gasteiger partial charge in [0, 0.05) is 16.8 Å². The van der Waals surface area contributed by atoms with Gasteiger partial charge in [-0.05, 0) is 19.1 Å². The van der Waals surface area contributed by atoms with Crippen LogP contribution >= 0.6 is 11.3 Å². The number of thiazole rings is 1. The number of carbonyl (C=O) groups is 1. The molecule has 0 saturated heterocycles. The molecule has 94 valence electrons. The number of nitrogens with two attached hydrogens (primary N) is 1. The van der Waals surface area contributed by atoms with E-state index in [1.807, 2.05) is 6.92 Å². The maximum atomic E-state index is 11.7. The highest BCUT2D eigenvalue weighted by Gasteiger charge is 2.05. The fourth-order valence-electron chi connectivity index (χ4n) is 1.42. The van der Waals surface area contributed by atoms with Crippen molar-refractivity contribution in [3.05, 3.63) is 40.1 Å². The largest absolute Gasteiger partial charge is 0.397 e. The molecule has 2 aromatic rings. The number of nitrogen functional groups attached to an aromatic ring is 1. The maximum Gasteiger partial charge on any atom is 0.226 e. The minimum atomic E-state index is -0.0693. The fourth-order valence-corrected chi connectivity index (χ4v) is 2.15. The van der Waals surface area contributed by atoms with Crippen LogP contribution in [-0.4, -0.2) is 15.9 Å². The van der Waals surface area contributed by atoms with Crippen LogP contribution < -0.4 is 11.1 Å². The number of hydrogen-bond donors (Lipinski definition) is 2. The number of hydrogen-bond acceptors (Lipinski definition) is 5. The molecule has 2 heterocycles. The highest BCUT2D eigenvalue weighted by atomic mass is 32.1. The van der Waals surface area contributed by atoms with E-state index in [-0.39, 0.29) is 12.3 Å². The van der Waals surface area contributed by atoms with E-state index < -0.39 is 0 Å². The Morgan fingerprint density at radius 1 is 1.39 bits per heavy atom. The first-order valence-electron chi connectivity index (χ1n) is 5.52. The van der Waals surface area contributed by atoms with E-state index in [2.05, 4.69) is 15.3 Å². The first kappa shape index (κ1) is 12.5. The van der Waals surface area contributed by atoms with Crippen LogP contribution in [-0.2, 0) is 17.8 Å². The third-order valence-corrected chi connectivity index (χ3v) is 3.21. The second-order valence-electron chi connectivity index (χ2n) is 3.90. The van der Waals surface area contributed by atoms with Gasteiger partial charge >= 0.3 is 0 Å². The monoisotopic (exact) mass is 262 g/mol. The van der Waals surface area contributed by atoms with E-state index >= 15 is 0 Å². The molecule has 0 atom stereocenters. The van der Waals surface area contributed by atoms with Crippen LogP contribution in [0.25, 0.3) is 0 Å². The number of pyridine rings is 1. The summed E-state index contributed by atoms with van der Waals surface area (Å²) in [5, 5.41) is 3.72. The van der Waals surface area contributed by atoms with Gasteiger partial charge in [0.25, 0.3) is 0 Å². The first-order chi connectivity index (χ1) is 8.63. The average molecular weight is 262 g/mol. The average Bonchev–Trinajstić information content (AvgIpc) is 2.76. The van der Waals surface area contributed by atoms with Gasteiger partial charge in [0.2, 0.25) is 5.91 Å². The van der Waals surface area contributed by atoms with E-state index in [0.29, 0.717) is 17.9 Å². The molecule has 18 heavy (non-hydrogen) atoms. The normalized spacial score (nSPS) is 10.3. The second kappa shape index (κ2) is 5.59. The summed E-state index contributed by atoms with van der Waals surface area (Å²) in [5.41, 5.74) is 6.82. The minimum absolute atomic E-state index is 0.0693. The molecule has 3 N–H and O–H groups in total. The topological polar surface area (TPSA) is 80.9 Å². The van der Waals surface area contributed by atoms with Crippen LogP contribution in [0, 0.1) is 6.92 Å². The van der Waals surface area contributed by atoms with Crippen LogP contribution in [0.15, 0.2) is 24.5 Å². The lowest BCUT2D eigenvalue weighted by molar-refractivity contribution is -0.120. The Balaban J connectivity index is 1.83. The molecule has 0 aromatic carbocycles. The summed E-state index contributed by atoms with van der Waals surface area (Å²) in [7, 11) is 0. The Hall–Kier alpha value is -1.95. The number of aryl methyl sites for hydroxylation is 1. The van der Waals surface area contributed by atoms with E-state index in [9.17, 15) is 4.79 Å². The Morgan fingerprint density at radius 2 is 2.22 bits per heavy atom. The maximum absolute atomic E-state index is 11.7. The van der Waals surface area contributed by atoms with Crippen LogP contribution in [0.1, 0.15) is 15.6 Å². The van der Waals surface area contributed by atoms with Crippen molar-refractivity contribution < 1.29 is 4.79 Å². The van der Waals surface area contributed by atoms with Crippen molar-refractivity contribution in [2.75, 3.05) is 5.73 Å². The molecule has 6 heteroatoms. The molecule has 1 amide bonds. The molecule has 2 rings (SSSR count). The van der Waals surface area contributed by atoms with E-state index in [1.54, 1.807) is 35.9 Å². The molecule has 0 bridgehead atoms. The van der Waals surface area contributed by atoms with Crippen molar-refractivity contribution >= 4 is 22.9 Å². The van der Waals surface area contributed by atoms with Crippen molar-refractivity contribution in [1.82, 2.24) is 15.3 Å². The van der Waals surface area contributed by atoms with Crippen molar-refractivity contribution in [1.29, 1.82) is 0 Å². The molecule has 0 radical (unpaired) electrons. The summed E-state index contributed by atoms with van der Waals surface area (Å²) in [6, 6.07) is 3.49. The molecular formula is C12H14N4OS. The highest BCUT2D eigenvalue weighted by molar-refractivity contribution is 7.11. The van der Waals surface area contributed by atoms with E-state index in [0.717, 1.165) is 9.88 Å². The number of carbonyl (C=O) groups excluding carboxylic acids is 1. The molecule has 0 aliphatic rings. The zero-order valence-corrected chi connectivity index (χ0v) is 10.8. The summed E-state index contributed by atoms with van der Waals surface area (Å²) in [4.78, 5) is 21.1. The van der Waals surface area contributed by atoms with Gasteiger partial charge in [-0.1, -0.05) is 0 Å². The van der Waals surface area contributed by atoms with E-state index in [1.165, 1.54) is 0 Å². The Kier molecular flexibility index (Phi) is 3.88. The Morgan fingerprint density at radius 3 is 2.83 bits per heavy atom. The molecule has 2 aromatic heterocycles. The van der Waals surface area contributed by atoms with Crippen molar-refractivity contribution in [3.63, 3.8) is 0 Å². The molecule has 0 aliphatic heterocycles. The van der Waals surface area contributed by atoms with Crippen LogP contribution in [0.2, 0.25) is 0 Å². The standard InChI is InChI=1S/C12H14N4OS/c1-8-5-16-12(18-8)7-15-11(17)4-10-3-2-9(13)6-14-10/h2-3,5-6H,4,7,13H2,1H3,(H,15,17). The van der Waals surface area contributed by atoms with Crippen LogP contribution in [0.5, 0.6) is 0 Å². The van der Waals surface area contributed by atoms with Gasteiger partial charge in [-0.25, -0.2) is 4.98 Å². The van der Waals surface area contributed by atoms with Gasteiger partial charge in [-0.3, -0.25) is 9.78 Å². The number of nitrogens with zero attached hydrogens (tertiary/aromatic N) is 2. The number of rotatable bonds is 4. The van der Waals surface area contributed by atoms with Crippen molar-refractivity contribution in [2.45, 2.75) is 19.9 Å². The third kappa shape index (κ3) is 3.53. The lowest BCUT2D eigenvalue weighted by atomic mass is 10.2. The van der Waals surface area contributed by atoms with Crippen LogP contribution in [0.4, 0.5) is 5.69 Å². The third-order valence-electron chi connectivity index (χ3n) is 2.30. The summed E-state index contributed by atoms with van der Waals surface area (Å²) in [6.07, 6.45) is 3.60. The molecule has 0 fully saturated rings. The fraction of sp³-hybridized carbons (Fsp3) is 0.250. The summed E-state index contributed by atoms with van der Waals surface area (Å²) < 4.78 is 0. The predicted octanol–water partition coefficient (Wildman–Crippen LogP) is 1.29. The predicted molar refractivity (Wildman–Crippen MR) is 71.1 cm³/mol. The molecule has 0 aliphatic carbocycles. The molecular weight excluding hydrogens is 248 g/mol. The number of aromatic nitrogens is 2. The van der Waals surface area contributed by atoms with Crippen LogP contribution in [0.3, 0.4) is 0 Å². The Bertz CT molecular complexity index is 535. The van der Waals surface area contributed by atoms with Crippen molar-refractivity contribution in [3.8, 4) is 0 Å². The van der Waals surface area contributed by atoms with Gasteiger partial charge < -0.3 is 11.1 Å². The molecule has 0 spiro atoms. The summed E-state index contributed by atoms with van der Waals surface area (Å²) in [6.45, 7) is 2.45. The quantitative estimate of drug-likeness (QED) is 0.870. The lowest BCUT2D eigenvalue weighted by Gasteiger charge is -2.03. The minimum Gasteiger partial charge on any atom is -0.397 e. The SMILES string of the molecule is Cc1cnc(CNC(=O)Cc2ccc(N)cn2)s1. The first-order valence-corrected chi connectivity index (χ1v) is 6.33. The summed E-state index contributed by atoms with van der Waals surface area (Å²) >= 11 is 1.58. The zero-order valence-electron chi connectivity index (χ0n) is 10.0.